The molecule has 7 heteroatoms. The van der Waals surface area contributed by atoms with Crippen molar-refractivity contribution >= 4 is 22.8 Å². The number of amides is 2. The van der Waals surface area contributed by atoms with Crippen LogP contribution in [-0.2, 0) is 15.6 Å². The van der Waals surface area contributed by atoms with Crippen molar-refractivity contribution in [3.05, 3.63) is 35.9 Å². The first-order valence-electron chi connectivity index (χ1n) is 6.55. The molecule has 0 fully saturated rings. The summed E-state index contributed by atoms with van der Waals surface area (Å²) in [4.78, 5) is 23.1. The first-order chi connectivity index (χ1) is 9.90. The van der Waals surface area contributed by atoms with Crippen LogP contribution in [0.4, 0.5) is 4.79 Å². The normalized spacial score (nSPS) is 14.8. The third-order valence-electron chi connectivity index (χ3n) is 2.87. The molecule has 1 aromatic rings. The molecule has 0 aliphatic carbocycles. The van der Waals surface area contributed by atoms with E-state index in [0.717, 1.165) is 0 Å². The Labute approximate surface area is 126 Å². The van der Waals surface area contributed by atoms with Gasteiger partial charge in [-0.2, -0.15) is 0 Å². The molecule has 3 atom stereocenters. The highest BCUT2D eigenvalue weighted by atomic mass is 32.2. The van der Waals surface area contributed by atoms with Crippen molar-refractivity contribution in [1.29, 1.82) is 0 Å². The highest BCUT2D eigenvalue weighted by Gasteiger charge is 2.22. The fourth-order valence-corrected chi connectivity index (χ4v) is 2.43. The van der Waals surface area contributed by atoms with E-state index in [1.165, 1.54) is 0 Å². The maximum atomic E-state index is 11.8. The Morgan fingerprint density at radius 3 is 2.38 bits per heavy atom. The minimum atomic E-state index is -1.13. The summed E-state index contributed by atoms with van der Waals surface area (Å²) in [6.07, 6.45) is 2.17. The number of carboxylic acids is 1. The quantitative estimate of drug-likeness (QED) is 0.706. The van der Waals surface area contributed by atoms with E-state index in [1.807, 2.05) is 0 Å². The smallest absolute Gasteiger partial charge is 0.330 e. The molecule has 0 spiro atoms. The summed E-state index contributed by atoms with van der Waals surface area (Å²) in [7, 11) is -0.915. The third-order valence-corrected chi connectivity index (χ3v) is 3.68. The molecule has 0 heterocycles. The zero-order valence-electron chi connectivity index (χ0n) is 12.0. The molecule has 0 saturated heterocycles. The van der Waals surface area contributed by atoms with Crippen molar-refractivity contribution < 1.29 is 18.9 Å². The van der Waals surface area contributed by atoms with Crippen LogP contribution < -0.4 is 10.6 Å². The molecule has 21 heavy (non-hydrogen) atoms. The third kappa shape index (κ3) is 6.40. The standard InChI is InChI=1S/C14H20N2O4S/c1-10(8-9-21(2)20)15-14(19)16-12(13(17)18)11-6-4-3-5-7-11/h3-7,10,12H,8-9H2,1-2H3,(H,17,18)(H2,15,16,19)/t10?,12-,21?/m1/s1. The second-order valence-corrected chi connectivity index (χ2v) is 6.32. The lowest BCUT2D eigenvalue weighted by Gasteiger charge is -2.18. The van der Waals surface area contributed by atoms with Crippen LogP contribution in [0.3, 0.4) is 0 Å². The van der Waals surface area contributed by atoms with E-state index in [2.05, 4.69) is 10.6 Å². The summed E-state index contributed by atoms with van der Waals surface area (Å²) in [5.74, 6) is -0.638. The van der Waals surface area contributed by atoms with Gasteiger partial charge in [-0.25, -0.2) is 9.59 Å². The number of carbonyl (C=O) groups excluding carboxylic acids is 1. The molecular formula is C14H20N2O4S. The van der Waals surface area contributed by atoms with Crippen LogP contribution in [-0.4, -0.2) is 39.4 Å². The molecule has 3 N–H and O–H groups in total. The molecule has 116 valence electrons. The van der Waals surface area contributed by atoms with Crippen molar-refractivity contribution in [2.45, 2.75) is 25.4 Å². The van der Waals surface area contributed by atoms with Crippen LogP contribution in [0.25, 0.3) is 0 Å². The van der Waals surface area contributed by atoms with Gasteiger partial charge in [0.2, 0.25) is 0 Å². The van der Waals surface area contributed by atoms with Crippen molar-refractivity contribution in [3.63, 3.8) is 0 Å². The van der Waals surface area contributed by atoms with Gasteiger partial charge in [-0.3, -0.25) is 4.21 Å². The maximum absolute atomic E-state index is 11.8. The summed E-state index contributed by atoms with van der Waals surface area (Å²) in [6, 6.07) is 6.65. The van der Waals surface area contributed by atoms with E-state index < -0.39 is 28.8 Å². The molecule has 0 aliphatic heterocycles. The van der Waals surface area contributed by atoms with Gasteiger partial charge in [0.1, 0.15) is 0 Å². The van der Waals surface area contributed by atoms with Crippen molar-refractivity contribution in [2.24, 2.45) is 0 Å². The van der Waals surface area contributed by atoms with Crippen molar-refractivity contribution in [2.75, 3.05) is 12.0 Å². The SMILES string of the molecule is CC(CCS(C)=O)NC(=O)N[C@@H](C(=O)O)c1ccccc1. The number of aliphatic carboxylic acids is 1. The number of hydrogen-bond donors (Lipinski definition) is 3. The molecule has 0 bridgehead atoms. The van der Waals surface area contributed by atoms with Crippen LogP contribution in [0.1, 0.15) is 24.9 Å². The molecule has 0 radical (unpaired) electrons. The maximum Gasteiger partial charge on any atom is 0.330 e. The van der Waals surface area contributed by atoms with Gasteiger partial charge in [0.05, 0.1) is 0 Å². The molecule has 1 rings (SSSR count). The lowest BCUT2D eigenvalue weighted by Crippen LogP contribution is -2.44. The van der Waals surface area contributed by atoms with Gasteiger partial charge in [0, 0.05) is 28.9 Å². The van der Waals surface area contributed by atoms with Crippen LogP contribution in [0.2, 0.25) is 0 Å². The Morgan fingerprint density at radius 2 is 1.86 bits per heavy atom. The Kier molecular flexibility index (Phi) is 6.87. The molecule has 6 nitrogen and oxygen atoms in total. The molecule has 2 amide bonds. The van der Waals surface area contributed by atoms with E-state index in [0.29, 0.717) is 17.7 Å². The lowest BCUT2D eigenvalue weighted by molar-refractivity contribution is -0.139. The highest BCUT2D eigenvalue weighted by Crippen LogP contribution is 2.12. The predicted molar refractivity (Wildman–Crippen MR) is 81.5 cm³/mol. The van der Waals surface area contributed by atoms with Gasteiger partial charge in [0.25, 0.3) is 0 Å². The van der Waals surface area contributed by atoms with E-state index >= 15 is 0 Å². The monoisotopic (exact) mass is 312 g/mol. The highest BCUT2D eigenvalue weighted by molar-refractivity contribution is 7.84. The zero-order valence-corrected chi connectivity index (χ0v) is 12.9. The van der Waals surface area contributed by atoms with Crippen LogP contribution in [0.5, 0.6) is 0 Å². The zero-order chi connectivity index (χ0) is 15.8. The Hall–Kier alpha value is -1.89. The molecule has 2 unspecified atom stereocenters. The number of hydrogen-bond acceptors (Lipinski definition) is 3. The number of urea groups is 1. The summed E-state index contributed by atoms with van der Waals surface area (Å²) in [5.41, 5.74) is 0.502. The Bertz CT molecular complexity index is 507. The second-order valence-electron chi connectivity index (χ2n) is 4.77. The molecule has 0 saturated carbocycles. The van der Waals surface area contributed by atoms with E-state index in [1.54, 1.807) is 43.5 Å². The number of benzene rings is 1. The van der Waals surface area contributed by atoms with Gasteiger partial charge in [-0.05, 0) is 18.9 Å². The summed E-state index contributed by atoms with van der Waals surface area (Å²) >= 11 is 0. The Balaban J connectivity index is 2.58. The second kappa shape index (κ2) is 8.41. The fourth-order valence-electron chi connectivity index (χ4n) is 1.74. The van der Waals surface area contributed by atoms with Crippen molar-refractivity contribution in [1.82, 2.24) is 10.6 Å². The fraction of sp³-hybridized carbons (Fsp3) is 0.429. The summed E-state index contributed by atoms with van der Waals surface area (Å²) in [5, 5.41) is 14.3. The first kappa shape index (κ1) is 17.2. The predicted octanol–water partition coefficient (Wildman–Crippen LogP) is 1.27. The number of nitrogens with one attached hydrogen (secondary N) is 2. The topological polar surface area (TPSA) is 95.5 Å². The van der Waals surface area contributed by atoms with E-state index in [4.69, 9.17) is 0 Å². The molecule has 0 aliphatic rings. The largest absolute Gasteiger partial charge is 0.479 e. The average molecular weight is 312 g/mol. The van der Waals surface area contributed by atoms with Crippen molar-refractivity contribution in [3.8, 4) is 0 Å². The summed E-state index contributed by atoms with van der Waals surface area (Å²) < 4.78 is 11.0. The average Bonchev–Trinajstić information content (AvgIpc) is 2.43. The number of carboxylic acid groups (broad SMARTS) is 1. The van der Waals surface area contributed by atoms with E-state index in [-0.39, 0.29) is 6.04 Å². The number of carbonyl (C=O) groups is 2. The van der Waals surface area contributed by atoms with Gasteiger partial charge in [-0.15, -0.1) is 0 Å². The van der Waals surface area contributed by atoms with Gasteiger partial charge in [0.15, 0.2) is 6.04 Å². The van der Waals surface area contributed by atoms with Crippen LogP contribution in [0, 0.1) is 0 Å². The molecular weight excluding hydrogens is 292 g/mol. The minimum absolute atomic E-state index is 0.181. The van der Waals surface area contributed by atoms with Crippen LogP contribution in [0.15, 0.2) is 30.3 Å². The number of rotatable bonds is 7. The van der Waals surface area contributed by atoms with Gasteiger partial charge in [-0.1, -0.05) is 30.3 Å². The minimum Gasteiger partial charge on any atom is -0.479 e. The Morgan fingerprint density at radius 1 is 1.24 bits per heavy atom. The lowest BCUT2D eigenvalue weighted by atomic mass is 10.1. The molecule has 1 aromatic carbocycles. The van der Waals surface area contributed by atoms with Crippen LogP contribution >= 0.6 is 0 Å². The van der Waals surface area contributed by atoms with E-state index in [9.17, 15) is 18.9 Å². The van der Waals surface area contributed by atoms with Gasteiger partial charge >= 0.3 is 12.0 Å². The molecule has 0 aromatic heterocycles. The summed E-state index contributed by atoms with van der Waals surface area (Å²) in [6.45, 7) is 1.78. The van der Waals surface area contributed by atoms with Gasteiger partial charge < -0.3 is 15.7 Å². The first-order valence-corrected chi connectivity index (χ1v) is 8.27.